The van der Waals surface area contributed by atoms with Gasteiger partial charge in [0.15, 0.2) is 0 Å². The fourth-order valence-corrected chi connectivity index (χ4v) is 3.90. The SMILES string of the molecule is CC(C)c1ccccc1N(CCNC(=O)CCc1ccccc1)S(C)(=O)=O. The molecule has 0 radical (unpaired) electrons. The molecule has 0 aliphatic rings. The van der Waals surface area contributed by atoms with Crippen molar-refractivity contribution in [3.05, 3.63) is 65.7 Å². The third kappa shape index (κ3) is 6.40. The first-order chi connectivity index (χ1) is 12.8. The Bertz CT molecular complexity index is 849. The first-order valence-electron chi connectivity index (χ1n) is 9.16. The summed E-state index contributed by atoms with van der Waals surface area (Å²) in [5, 5.41) is 2.83. The lowest BCUT2D eigenvalue weighted by molar-refractivity contribution is -0.120. The zero-order chi connectivity index (χ0) is 19.9. The van der Waals surface area contributed by atoms with E-state index in [0.29, 0.717) is 18.5 Å². The molecule has 2 rings (SSSR count). The van der Waals surface area contributed by atoms with E-state index in [9.17, 15) is 13.2 Å². The fourth-order valence-electron chi connectivity index (χ4n) is 2.96. The van der Waals surface area contributed by atoms with Crippen LogP contribution in [0.2, 0.25) is 0 Å². The number of para-hydroxylation sites is 1. The van der Waals surface area contributed by atoms with E-state index in [-0.39, 0.29) is 24.9 Å². The zero-order valence-electron chi connectivity index (χ0n) is 16.2. The van der Waals surface area contributed by atoms with E-state index in [0.717, 1.165) is 11.1 Å². The lowest BCUT2D eigenvalue weighted by Crippen LogP contribution is -2.38. The highest BCUT2D eigenvalue weighted by Gasteiger charge is 2.21. The van der Waals surface area contributed by atoms with Crippen LogP contribution in [0.25, 0.3) is 0 Å². The number of rotatable bonds is 9. The van der Waals surface area contributed by atoms with E-state index in [2.05, 4.69) is 5.32 Å². The minimum Gasteiger partial charge on any atom is -0.354 e. The van der Waals surface area contributed by atoms with Crippen molar-refractivity contribution in [3.8, 4) is 0 Å². The van der Waals surface area contributed by atoms with E-state index in [1.807, 2.05) is 68.4 Å². The van der Waals surface area contributed by atoms with Gasteiger partial charge in [0.2, 0.25) is 15.9 Å². The molecule has 5 nitrogen and oxygen atoms in total. The monoisotopic (exact) mass is 388 g/mol. The van der Waals surface area contributed by atoms with Gasteiger partial charge in [0, 0.05) is 13.0 Å². The highest BCUT2D eigenvalue weighted by molar-refractivity contribution is 7.92. The first kappa shape index (κ1) is 21.0. The van der Waals surface area contributed by atoms with E-state index in [1.54, 1.807) is 0 Å². The maximum atomic E-state index is 12.3. The van der Waals surface area contributed by atoms with Crippen molar-refractivity contribution in [2.24, 2.45) is 0 Å². The molecule has 0 heterocycles. The van der Waals surface area contributed by atoms with Crippen LogP contribution in [0.3, 0.4) is 0 Å². The van der Waals surface area contributed by atoms with E-state index in [4.69, 9.17) is 0 Å². The van der Waals surface area contributed by atoms with Gasteiger partial charge in [-0.3, -0.25) is 9.10 Å². The number of hydrogen-bond acceptors (Lipinski definition) is 3. The lowest BCUT2D eigenvalue weighted by Gasteiger charge is -2.26. The van der Waals surface area contributed by atoms with Gasteiger partial charge in [0.1, 0.15) is 0 Å². The molecular formula is C21H28N2O3S. The van der Waals surface area contributed by atoms with Crippen LogP contribution in [-0.2, 0) is 21.2 Å². The second-order valence-electron chi connectivity index (χ2n) is 6.88. The van der Waals surface area contributed by atoms with E-state index < -0.39 is 10.0 Å². The second kappa shape index (κ2) is 9.55. The Hall–Kier alpha value is -2.34. The van der Waals surface area contributed by atoms with Gasteiger partial charge in [-0.2, -0.15) is 0 Å². The molecule has 2 aromatic rings. The van der Waals surface area contributed by atoms with E-state index >= 15 is 0 Å². The van der Waals surface area contributed by atoms with Gasteiger partial charge in [-0.25, -0.2) is 8.42 Å². The molecule has 27 heavy (non-hydrogen) atoms. The van der Waals surface area contributed by atoms with Crippen LogP contribution in [0.15, 0.2) is 54.6 Å². The van der Waals surface area contributed by atoms with Gasteiger partial charge >= 0.3 is 0 Å². The third-order valence-corrected chi connectivity index (χ3v) is 5.53. The molecule has 0 spiro atoms. The van der Waals surface area contributed by atoms with Gasteiger partial charge in [-0.15, -0.1) is 0 Å². The second-order valence-corrected chi connectivity index (χ2v) is 8.79. The quantitative estimate of drug-likeness (QED) is 0.717. The molecule has 146 valence electrons. The van der Waals surface area contributed by atoms with Crippen molar-refractivity contribution in [2.75, 3.05) is 23.7 Å². The van der Waals surface area contributed by atoms with Gasteiger partial charge in [-0.1, -0.05) is 62.4 Å². The van der Waals surface area contributed by atoms with Crippen LogP contribution in [0.5, 0.6) is 0 Å². The number of carbonyl (C=O) groups excluding carboxylic acids is 1. The molecule has 0 aliphatic heterocycles. The molecule has 0 saturated heterocycles. The summed E-state index contributed by atoms with van der Waals surface area (Å²) in [4.78, 5) is 12.1. The molecule has 2 aromatic carbocycles. The molecule has 6 heteroatoms. The largest absolute Gasteiger partial charge is 0.354 e. The number of nitrogens with one attached hydrogen (secondary N) is 1. The number of nitrogens with zero attached hydrogens (tertiary/aromatic N) is 1. The highest BCUT2D eigenvalue weighted by atomic mass is 32.2. The summed E-state index contributed by atoms with van der Waals surface area (Å²) < 4.78 is 26.0. The topological polar surface area (TPSA) is 66.5 Å². The minimum atomic E-state index is -3.45. The van der Waals surface area contributed by atoms with Crippen LogP contribution in [0.1, 0.15) is 37.3 Å². The predicted molar refractivity (Wildman–Crippen MR) is 110 cm³/mol. The number of hydrogen-bond donors (Lipinski definition) is 1. The van der Waals surface area contributed by atoms with Crippen LogP contribution in [0, 0.1) is 0 Å². The Morgan fingerprint density at radius 3 is 2.30 bits per heavy atom. The zero-order valence-corrected chi connectivity index (χ0v) is 17.0. The summed E-state index contributed by atoms with van der Waals surface area (Å²) >= 11 is 0. The van der Waals surface area contributed by atoms with Gasteiger partial charge in [-0.05, 0) is 29.5 Å². The van der Waals surface area contributed by atoms with Crippen LogP contribution in [0.4, 0.5) is 5.69 Å². The summed E-state index contributed by atoms with van der Waals surface area (Å²) in [6.07, 6.45) is 2.24. The van der Waals surface area contributed by atoms with Crippen molar-refractivity contribution < 1.29 is 13.2 Å². The highest BCUT2D eigenvalue weighted by Crippen LogP contribution is 2.28. The molecule has 0 atom stereocenters. The third-order valence-electron chi connectivity index (χ3n) is 4.35. The Morgan fingerprint density at radius 2 is 1.67 bits per heavy atom. The maximum absolute atomic E-state index is 12.3. The number of aryl methyl sites for hydroxylation is 1. The average molecular weight is 389 g/mol. The first-order valence-corrected chi connectivity index (χ1v) is 11.0. The molecular weight excluding hydrogens is 360 g/mol. The normalized spacial score (nSPS) is 11.4. The Kier molecular flexibility index (Phi) is 7.42. The molecule has 0 unspecified atom stereocenters. The molecule has 0 aliphatic carbocycles. The minimum absolute atomic E-state index is 0.0792. The molecule has 0 saturated carbocycles. The van der Waals surface area contributed by atoms with Gasteiger partial charge < -0.3 is 5.32 Å². The van der Waals surface area contributed by atoms with E-state index in [1.165, 1.54) is 10.6 Å². The molecule has 1 N–H and O–H groups in total. The maximum Gasteiger partial charge on any atom is 0.232 e. The lowest BCUT2D eigenvalue weighted by atomic mass is 10.0. The standard InChI is InChI=1S/C21H28N2O3S/c1-17(2)19-11-7-8-12-20(19)23(27(3,25)26)16-15-22-21(24)14-13-18-9-5-4-6-10-18/h4-12,17H,13-16H2,1-3H3,(H,22,24). The predicted octanol–water partition coefficient (Wildman–Crippen LogP) is 3.33. The number of benzene rings is 2. The van der Waals surface area contributed by atoms with Crippen molar-refractivity contribution >= 4 is 21.6 Å². The summed E-state index contributed by atoms with van der Waals surface area (Å²) in [7, 11) is -3.45. The summed E-state index contributed by atoms with van der Waals surface area (Å²) in [6.45, 7) is 4.54. The van der Waals surface area contributed by atoms with Crippen molar-refractivity contribution in [2.45, 2.75) is 32.6 Å². The Labute approximate surface area is 162 Å². The number of anilines is 1. The van der Waals surface area contributed by atoms with Crippen LogP contribution in [-0.4, -0.2) is 33.7 Å². The average Bonchev–Trinajstić information content (AvgIpc) is 2.63. The van der Waals surface area contributed by atoms with Crippen molar-refractivity contribution in [1.29, 1.82) is 0 Å². The number of carbonyl (C=O) groups is 1. The van der Waals surface area contributed by atoms with Crippen LogP contribution < -0.4 is 9.62 Å². The van der Waals surface area contributed by atoms with Gasteiger partial charge in [0.05, 0.1) is 18.5 Å². The Balaban J connectivity index is 1.97. The van der Waals surface area contributed by atoms with Crippen LogP contribution >= 0.6 is 0 Å². The summed E-state index contributed by atoms with van der Waals surface area (Å²) in [6, 6.07) is 17.3. The summed E-state index contributed by atoms with van der Waals surface area (Å²) in [5.74, 6) is 0.121. The Morgan fingerprint density at radius 1 is 1.04 bits per heavy atom. The van der Waals surface area contributed by atoms with Gasteiger partial charge in [0.25, 0.3) is 0 Å². The molecule has 0 bridgehead atoms. The molecule has 0 aromatic heterocycles. The fraction of sp³-hybridized carbons (Fsp3) is 0.381. The van der Waals surface area contributed by atoms with Crippen molar-refractivity contribution in [1.82, 2.24) is 5.32 Å². The molecule has 0 fully saturated rings. The number of sulfonamides is 1. The summed E-state index contributed by atoms with van der Waals surface area (Å²) in [5.41, 5.74) is 2.75. The number of amides is 1. The molecule has 1 amide bonds. The smallest absolute Gasteiger partial charge is 0.232 e. The van der Waals surface area contributed by atoms with Crippen molar-refractivity contribution in [3.63, 3.8) is 0 Å².